The largest absolute Gasteiger partial charge is 0.514 e. The summed E-state index contributed by atoms with van der Waals surface area (Å²) in [6, 6.07) is 13.4. The van der Waals surface area contributed by atoms with Crippen LogP contribution in [0.2, 0.25) is 6.32 Å². The number of aryl methyl sites for hydroxylation is 2. The lowest BCUT2D eigenvalue weighted by atomic mass is 9.43. The number of esters is 1. The highest BCUT2D eigenvalue weighted by molar-refractivity contribution is 6.45. The van der Waals surface area contributed by atoms with Crippen molar-refractivity contribution in [3.8, 4) is 11.5 Å². The maximum absolute atomic E-state index is 13.9. The summed E-state index contributed by atoms with van der Waals surface area (Å²) in [5.74, 6) is 0.651. The Kier molecular flexibility index (Phi) is 10.0. The van der Waals surface area contributed by atoms with E-state index in [1.54, 1.807) is 58.6 Å². The van der Waals surface area contributed by atoms with Crippen molar-refractivity contribution >= 4 is 25.2 Å². The zero-order chi connectivity index (χ0) is 36.9. The van der Waals surface area contributed by atoms with Gasteiger partial charge in [-0.15, -0.1) is 0 Å². The molecule has 276 valence electrons. The number of ether oxygens (including phenoxy) is 4. The summed E-state index contributed by atoms with van der Waals surface area (Å²) in [5.41, 5.74) is -0.0852. The Labute approximate surface area is 303 Å². The van der Waals surface area contributed by atoms with Crippen molar-refractivity contribution in [1.82, 2.24) is 4.90 Å². The third-order valence-corrected chi connectivity index (χ3v) is 11.0. The van der Waals surface area contributed by atoms with E-state index in [0.717, 1.165) is 18.4 Å². The van der Waals surface area contributed by atoms with E-state index in [4.69, 9.17) is 28.3 Å². The molecular formula is C40H54BNO9. The van der Waals surface area contributed by atoms with E-state index in [0.29, 0.717) is 56.1 Å². The van der Waals surface area contributed by atoms with Crippen LogP contribution in [-0.4, -0.2) is 72.2 Å². The lowest BCUT2D eigenvalue weighted by molar-refractivity contribution is -0.199. The fourth-order valence-electron chi connectivity index (χ4n) is 8.19. The van der Waals surface area contributed by atoms with Crippen molar-refractivity contribution in [2.75, 3.05) is 13.1 Å². The summed E-state index contributed by atoms with van der Waals surface area (Å²) in [6.45, 7) is 18.1. The first kappa shape index (κ1) is 37.2. The Hall–Kier alpha value is -3.57. The first-order valence-corrected chi connectivity index (χ1v) is 18.4. The summed E-state index contributed by atoms with van der Waals surface area (Å²) in [6.07, 6.45) is 2.82. The van der Waals surface area contributed by atoms with Gasteiger partial charge < -0.3 is 33.2 Å². The van der Waals surface area contributed by atoms with Crippen LogP contribution in [0.5, 0.6) is 11.5 Å². The average Bonchev–Trinajstić information content (AvgIpc) is 3.35. The summed E-state index contributed by atoms with van der Waals surface area (Å²) < 4.78 is 36.7. The number of carbonyl (C=O) groups excluding carboxylic acids is 3. The molecule has 4 atom stereocenters. The summed E-state index contributed by atoms with van der Waals surface area (Å²) in [5, 5.41) is 0. The molecule has 0 radical (unpaired) electrons. The van der Waals surface area contributed by atoms with Crippen LogP contribution in [0.1, 0.15) is 103 Å². The molecule has 0 N–H and O–H groups in total. The molecule has 7 rings (SSSR count). The second-order valence-electron chi connectivity index (χ2n) is 17.5. The van der Waals surface area contributed by atoms with Gasteiger partial charge in [-0.3, -0.25) is 4.79 Å². The minimum atomic E-state index is -0.946. The SMILES string of the molecule is CC(C)(C)OC(=O)Oc1c(CCB2O[C@@H]3C[C@@H]4C[C@@H](C4(C)C)[C@]3(C)O2)ccc(OC2CN(C(=O)CCc3ccccc3)C2)c1C(=O)OC(C)(C)C. The maximum atomic E-state index is 13.9. The van der Waals surface area contributed by atoms with Crippen molar-refractivity contribution in [3.05, 3.63) is 59.2 Å². The predicted octanol–water partition coefficient (Wildman–Crippen LogP) is 7.45. The highest BCUT2D eigenvalue weighted by Crippen LogP contribution is 2.65. The first-order valence-electron chi connectivity index (χ1n) is 18.4. The third-order valence-electron chi connectivity index (χ3n) is 11.0. The van der Waals surface area contributed by atoms with Crippen LogP contribution in [0.25, 0.3) is 0 Å². The van der Waals surface area contributed by atoms with Gasteiger partial charge in [0.15, 0.2) is 5.75 Å². The normalized spacial score (nSPS) is 25.3. The van der Waals surface area contributed by atoms with Gasteiger partial charge in [0, 0.05) is 6.42 Å². The molecule has 3 saturated carbocycles. The molecule has 5 aliphatic rings. The van der Waals surface area contributed by atoms with Gasteiger partial charge in [-0.1, -0.05) is 50.2 Å². The minimum absolute atomic E-state index is 0.00130. The zero-order valence-corrected chi connectivity index (χ0v) is 31.7. The monoisotopic (exact) mass is 703 g/mol. The molecule has 2 saturated heterocycles. The van der Waals surface area contributed by atoms with E-state index >= 15 is 0 Å². The second kappa shape index (κ2) is 13.8. The van der Waals surface area contributed by atoms with Crippen LogP contribution in [-0.2, 0) is 36.4 Å². The minimum Gasteiger partial charge on any atom is -0.486 e. The van der Waals surface area contributed by atoms with Gasteiger partial charge in [0.05, 0.1) is 24.8 Å². The molecule has 0 aromatic heterocycles. The Bertz CT molecular complexity index is 1620. The average molecular weight is 704 g/mol. The molecule has 2 aromatic carbocycles. The number of hydrogen-bond acceptors (Lipinski definition) is 9. The molecular weight excluding hydrogens is 649 g/mol. The smallest absolute Gasteiger partial charge is 0.486 e. The summed E-state index contributed by atoms with van der Waals surface area (Å²) in [7, 11) is -0.439. The van der Waals surface area contributed by atoms with Crippen molar-refractivity contribution < 1.29 is 42.6 Å². The fourth-order valence-corrected chi connectivity index (χ4v) is 8.19. The standard InChI is InChI=1S/C40H54BNO9/c1-37(2,3)48-35(44)33-29(46-28-23-42(24-28)32(43)18-15-25-13-11-10-12-14-25)17-16-26(34(33)47-36(45)49-38(4,5)6)19-20-41-50-31-22-27-21-30(39(27,7)8)40(31,9)51-41/h10-14,16-17,27-28,30-31H,15,18-24H2,1-9H3/t27-,30-,31+,40-/m0/s1. The summed E-state index contributed by atoms with van der Waals surface area (Å²) >= 11 is 0. The van der Waals surface area contributed by atoms with Crippen LogP contribution in [0, 0.1) is 17.3 Å². The number of likely N-dealkylation sites (tertiary alicyclic amines) is 1. The number of hydrogen-bond donors (Lipinski definition) is 0. The van der Waals surface area contributed by atoms with E-state index in [-0.39, 0.29) is 46.2 Å². The molecule has 51 heavy (non-hydrogen) atoms. The van der Waals surface area contributed by atoms with Gasteiger partial charge >= 0.3 is 19.2 Å². The van der Waals surface area contributed by atoms with Gasteiger partial charge in [-0.2, -0.15) is 0 Å². The number of carbonyl (C=O) groups is 3. The Balaban J connectivity index is 1.21. The van der Waals surface area contributed by atoms with E-state index in [1.807, 2.05) is 30.3 Å². The fraction of sp³-hybridized carbons (Fsp3) is 0.625. The molecule has 2 bridgehead atoms. The lowest BCUT2D eigenvalue weighted by Crippen LogP contribution is -2.65. The van der Waals surface area contributed by atoms with Crippen molar-refractivity contribution in [3.63, 3.8) is 0 Å². The second-order valence-corrected chi connectivity index (χ2v) is 17.5. The zero-order valence-electron chi connectivity index (χ0n) is 31.7. The highest BCUT2D eigenvalue weighted by atomic mass is 16.7. The molecule has 0 unspecified atom stereocenters. The predicted molar refractivity (Wildman–Crippen MR) is 193 cm³/mol. The maximum Gasteiger partial charge on any atom is 0.514 e. The van der Waals surface area contributed by atoms with Crippen LogP contribution in [0.4, 0.5) is 4.79 Å². The van der Waals surface area contributed by atoms with Gasteiger partial charge in [0.2, 0.25) is 5.91 Å². The molecule has 3 aliphatic carbocycles. The summed E-state index contributed by atoms with van der Waals surface area (Å²) in [4.78, 5) is 41.7. The van der Waals surface area contributed by atoms with Gasteiger partial charge in [-0.25, -0.2) is 9.59 Å². The van der Waals surface area contributed by atoms with E-state index in [1.165, 1.54) is 0 Å². The highest BCUT2D eigenvalue weighted by Gasteiger charge is 2.67. The topological polar surface area (TPSA) is 110 Å². The molecule has 2 aliphatic heterocycles. The number of rotatable bonds is 10. The van der Waals surface area contributed by atoms with E-state index < -0.39 is 30.4 Å². The number of nitrogens with zero attached hydrogens (tertiary/aromatic N) is 1. The van der Waals surface area contributed by atoms with E-state index in [2.05, 4.69) is 20.8 Å². The molecule has 10 nitrogen and oxygen atoms in total. The molecule has 0 spiro atoms. The van der Waals surface area contributed by atoms with Gasteiger partial charge in [-0.05, 0) is 115 Å². The quantitative estimate of drug-likeness (QED) is 0.142. The Morgan fingerprint density at radius 1 is 0.902 bits per heavy atom. The molecule has 5 fully saturated rings. The van der Waals surface area contributed by atoms with Crippen LogP contribution >= 0.6 is 0 Å². The molecule has 11 heteroatoms. The van der Waals surface area contributed by atoms with Gasteiger partial charge in [0.1, 0.15) is 28.6 Å². The third kappa shape index (κ3) is 8.09. The van der Waals surface area contributed by atoms with Crippen molar-refractivity contribution in [2.24, 2.45) is 17.3 Å². The molecule has 2 heterocycles. The molecule has 2 aromatic rings. The van der Waals surface area contributed by atoms with Crippen LogP contribution < -0.4 is 9.47 Å². The molecule has 1 amide bonds. The number of benzene rings is 2. The Morgan fingerprint density at radius 2 is 1.59 bits per heavy atom. The van der Waals surface area contributed by atoms with Crippen LogP contribution in [0.15, 0.2) is 42.5 Å². The van der Waals surface area contributed by atoms with Crippen molar-refractivity contribution in [2.45, 2.75) is 130 Å². The van der Waals surface area contributed by atoms with Gasteiger partial charge in [0.25, 0.3) is 0 Å². The van der Waals surface area contributed by atoms with Crippen LogP contribution in [0.3, 0.4) is 0 Å². The number of amides is 1. The lowest BCUT2D eigenvalue weighted by Gasteiger charge is -2.64. The Morgan fingerprint density at radius 3 is 2.24 bits per heavy atom. The van der Waals surface area contributed by atoms with E-state index in [9.17, 15) is 14.4 Å². The first-order chi connectivity index (χ1) is 23.8. The van der Waals surface area contributed by atoms with Crippen molar-refractivity contribution in [1.29, 1.82) is 0 Å².